The van der Waals surface area contributed by atoms with Crippen molar-refractivity contribution in [3.05, 3.63) is 105 Å². The number of aryl methyl sites for hydroxylation is 3. The third kappa shape index (κ3) is 4.30. The lowest BCUT2D eigenvalue weighted by Crippen LogP contribution is -2.28. The second-order valence-electron chi connectivity index (χ2n) is 10.1. The van der Waals surface area contributed by atoms with Crippen LogP contribution in [0.2, 0.25) is 0 Å². The van der Waals surface area contributed by atoms with Gasteiger partial charge in [-0.25, -0.2) is 14.4 Å². The Morgan fingerprint density at radius 2 is 1.88 bits per heavy atom. The first kappa shape index (κ1) is 26.9. The van der Waals surface area contributed by atoms with E-state index in [9.17, 15) is 14.4 Å². The second-order valence-corrected chi connectivity index (χ2v) is 10.1. The monoisotopic (exact) mass is 566 g/mol. The summed E-state index contributed by atoms with van der Waals surface area (Å²) >= 11 is 0. The van der Waals surface area contributed by atoms with Crippen LogP contribution < -0.4 is 15.8 Å². The highest BCUT2D eigenvalue weighted by atomic mass is 19.1. The molecule has 0 saturated carbocycles. The molecule has 0 fully saturated rings. The van der Waals surface area contributed by atoms with Crippen molar-refractivity contribution in [2.75, 3.05) is 10.2 Å². The molecule has 10 nitrogen and oxygen atoms in total. The number of rotatable bonds is 6. The number of aromatic amines is 1. The molecular formula is C31H27FN6O4. The van der Waals surface area contributed by atoms with Crippen LogP contribution in [0, 0.1) is 19.7 Å². The first-order chi connectivity index (χ1) is 20.2. The number of halogens is 1. The summed E-state index contributed by atoms with van der Waals surface area (Å²) in [4.78, 5) is 53.0. The molecule has 5 aromatic rings. The summed E-state index contributed by atoms with van der Waals surface area (Å²) in [5, 5.41) is 2.65. The number of hydrogen-bond donors (Lipinski definition) is 2. The van der Waals surface area contributed by atoms with Gasteiger partial charge in [0.25, 0.3) is 17.4 Å². The highest BCUT2D eigenvalue weighted by Gasteiger charge is 2.41. The number of amides is 2. The van der Waals surface area contributed by atoms with Gasteiger partial charge in [0.1, 0.15) is 17.3 Å². The molecule has 2 amide bonds. The SMILES string of the molecule is CCC1c2c(cc(C)nc2C(=O)Nc2cccc(-c3ncc[nH]3)c2F)C(=O)N1c1ccc(-c2c(C)on(C)c2=O)cc1. The first-order valence-electron chi connectivity index (χ1n) is 13.4. The van der Waals surface area contributed by atoms with Gasteiger partial charge in [-0.3, -0.25) is 14.4 Å². The number of fused-ring (bicyclic) bond motifs is 1. The third-order valence-corrected chi connectivity index (χ3v) is 7.44. The summed E-state index contributed by atoms with van der Waals surface area (Å²) in [5.41, 5.74) is 3.04. The lowest BCUT2D eigenvalue weighted by Gasteiger charge is -2.25. The average Bonchev–Trinajstić information content (AvgIpc) is 3.67. The number of carbonyl (C=O) groups excluding carboxylic acids is 2. The number of benzene rings is 2. The number of H-pyrrole nitrogens is 1. The Morgan fingerprint density at radius 3 is 2.52 bits per heavy atom. The molecule has 0 radical (unpaired) electrons. The van der Waals surface area contributed by atoms with E-state index in [1.54, 1.807) is 74.5 Å². The molecule has 2 N–H and O–H groups in total. The molecule has 3 aromatic heterocycles. The van der Waals surface area contributed by atoms with Crippen LogP contribution >= 0.6 is 0 Å². The molecule has 11 heteroatoms. The molecule has 42 heavy (non-hydrogen) atoms. The molecule has 2 aromatic carbocycles. The molecule has 6 rings (SSSR count). The van der Waals surface area contributed by atoms with Gasteiger partial charge in [-0.15, -0.1) is 0 Å². The van der Waals surface area contributed by atoms with E-state index < -0.39 is 17.8 Å². The van der Waals surface area contributed by atoms with Crippen molar-refractivity contribution in [2.24, 2.45) is 7.05 Å². The molecule has 1 atom stereocenters. The Hall–Kier alpha value is -5.32. The van der Waals surface area contributed by atoms with Crippen molar-refractivity contribution < 1.29 is 18.5 Å². The zero-order valence-corrected chi connectivity index (χ0v) is 23.4. The molecular weight excluding hydrogens is 539 g/mol. The smallest absolute Gasteiger partial charge is 0.290 e. The van der Waals surface area contributed by atoms with E-state index in [2.05, 4.69) is 20.3 Å². The van der Waals surface area contributed by atoms with E-state index >= 15 is 4.39 Å². The van der Waals surface area contributed by atoms with Crippen LogP contribution in [-0.2, 0) is 7.05 Å². The van der Waals surface area contributed by atoms with Crippen LogP contribution in [0.15, 0.2) is 70.2 Å². The van der Waals surface area contributed by atoms with E-state index in [4.69, 9.17) is 4.52 Å². The Balaban J connectivity index is 1.35. The lowest BCUT2D eigenvalue weighted by molar-refractivity contribution is 0.0988. The number of hydrogen-bond acceptors (Lipinski definition) is 6. The minimum Gasteiger partial charge on any atom is -0.381 e. The van der Waals surface area contributed by atoms with E-state index in [1.165, 1.54) is 17.0 Å². The fraction of sp³-hybridized carbons (Fsp3) is 0.194. The summed E-state index contributed by atoms with van der Waals surface area (Å²) in [7, 11) is 1.55. The highest BCUT2D eigenvalue weighted by molar-refractivity contribution is 6.14. The van der Waals surface area contributed by atoms with Gasteiger partial charge in [-0.1, -0.05) is 25.1 Å². The fourth-order valence-corrected chi connectivity index (χ4v) is 5.58. The molecule has 1 aliphatic heterocycles. The van der Waals surface area contributed by atoms with Crippen LogP contribution in [0.3, 0.4) is 0 Å². The summed E-state index contributed by atoms with van der Waals surface area (Å²) in [6.45, 7) is 5.34. The van der Waals surface area contributed by atoms with Crippen LogP contribution in [0.5, 0.6) is 0 Å². The summed E-state index contributed by atoms with van der Waals surface area (Å²) in [5.74, 6) is -0.710. The van der Waals surface area contributed by atoms with Crippen LogP contribution in [0.1, 0.15) is 57.3 Å². The quantitative estimate of drug-likeness (QED) is 0.278. The van der Waals surface area contributed by atoms with Crippen molar-refractivity contribution >= 4 is 23.2 Å². The van der Waals surface area contributed by atoms with E-state index in [0.29, 0.717) is 51.6 Å². The molecule has 212 valence electrons. The zero-order valence-electron chi connectivity index (χ0n) is 23.4. The maximum atomic E-state index is 15.4. The Morgan fingerprint density at radius 1 is 1.12 bits per heavy atom. The molecule has 1 aliphatic rings. The van der Waals surface area contributed by atoms with Crippen LogP contribution in [0.25, 0.3) is 22.5 Å². The van der Waals surface area contributed by atoms with Crippen molar-refractivity contribution in [3.63, 3.8) is 0 Å². The topological polar surface area (TPSA) is 126 Å². The Labute approximate surface area is 239 Å². The summed E-state index contributed by atoms with van der Waals surface area (Å²) in [6.07, 6.45) is 3.59. The number of carbonyl (C=O) groups is 2. The molecule has 0 bridgehead atoms. The minimum absolute atomic E-state index is 0.0311. The number of nitrogens with one attached hydrogen (secondary N) is 2. The van der Waals surface area contributed by atoms with Gasteiger partial charge in [0.2, 0.25) is 0 Å². The Bertz CT molecular complexity index is 1910. The molecule has 4 heterocycles. The number of aromatic nitrogens is 4. The molecule has 0 saturated heterocycles. The standard InChI is InChI=1S/C31H27FN6O4/c1-5-23-25-21(30(40)38(23)19-11-9-18(10-12-19)24-17(3)42-37(4)31(24)41)15-16(2)35-27(25)29(39)36-22-8-6-7-20(26(22)32)28-33-13-14-34-28/h6-15,23H,5H2,1-4H3,(H,33,34)(H,36,39). The van der Waals surface area contributed by atoms with Gasteiger partial charge >= 0.3 is 0 Å². The molecule has 1 unspecified atom stereocenters. The van der Waals surface area contributed by atoms with E-state index in [-0.39, 0.29) is 28.4 Å². The largest absolute Gasteiger partial charge is 0.381 e. The first-order valence-corrected chi connectivity index (χ1v) is 13.4. The number of anilines is 2. The third-order valence-electron chi connectivity index (χ3n) is 7.44. The average molecular weight is 567 g/mol. The van der Waals surface area contributed by atoms with Gasteiger partial charge in [-0.05, 0) is 56.2 Å². The maximum Gasteiger partial charge on any atom is 0.290 e. The van der Waals surface area contributed by atoms with Crippen molar-refractivity contribution in [1.82, 2.24) is 19.7 Å². The number of pyridine rings is 1. The van der Waals surface area contributed by atoms with Crippen LogP contribution in [-0.4, -0.2) is 31.5 Å². The van der Waals surface area contributed by atoms with Gasteiger partial charge in [0.15, 0.2) is 5.82 Å². The Kier molecular flexibility index (Phi) is 6.56. The van der Waals surface area contributed by atoms with Crippen molar-refractivity contribution in [2.45, 2.75) is 33.2 Å². The highest BCUT2D eigenvalue weighted by Crippen LogP contribution is 2.42. The lowest BCUT2D eigenvalue weighted by atomic mass is 9.99. The van der Waals surface area contributed by atoms with E-state index in [1.807, 2.05) is 6.92 Å². The number of imidazole rings is 1. The predicted molar refractivity (Wildman–Crippen MR) is 155 cm³/mol. The zero-order chi connectivity index (χ0) is 29.7. The second kappa shape index (κ2) is 10.3. The van der Waals surface area contributed by atoms with Crippen molar-refractivity contribution in [3.8, 4) is 22.5 Å². The summed E-state index contributed by atoms with van der Waals surface area (Å²) < 4.78 is 22.0. The predicted octanol–water partition coefficient (Wildman–Crippen LogP) is 5.55. The van der Waals surface area contributed by atoms with Gasteiger partial charge in [-0.2, -0.15) is 4.74 Å². The number of nitrogens with zero attached hydrogens (tertiary/aromatic N) is 4. The van der Waals surface area contributed by atoms with Gasteiger partial charge in [0.05, 0.1) is 22.9 Å². The minimum atomic E-state index is -0.641. The van der Waals surface area contributed by atoms with Crippen molar-refractivity contribution in [1.29, 1.82) is 0 Å². The van der Waals surface area contributed by atoms with Gasteiger partial charge in [0, 0.05) is 41.9 Å². The van der Waals surface area contributed by atoms with Crippen LogP contribution in [0.4, 0.5) is 15.8 Å². The molecule has 0 spiro atoms. The fourth-order valence-electron chi connectivity index (χ4n) is 5.58. The maximum absolute atomic E-state index is 15.4. The molecule has 0 aliphatic carbocycles. The van der Waals surface area contributed by atoms with E-state index in [0.717, 1.165) is 0 Å². The van der Waals surface area contributed by atoms with Gasteiger partial charge < -0.3 is 19.7 Å². The summed E-state index contributed by atoms with van der Waals surface area (Å²) in [6, 6.07) is 12.9. The normalized spacial score (nSPS) is 14.4.